The van der Waals surface area contributed by atoms with Crippen molar-refractivity contribution in [2.45, 2.75) is 6.92 Å². The third-order valence-electron chi connectivity index (χ3n) is 4.26. The molecule has 2 aromatic rings. The van der Waals surface area contributed by atoms with Gasteiger partial charge in [0.1, 0.15) is 11.5 Å². The fourth-order valence-electron chi connectivity index (χ4n) is 2.70. The lowest BCUT2D eigenvalue weighted by Gasteiger charge is -2.32. The van der Waals surface area contributed by atoms with E-state index < -0.39 is 0 Å². The van der Waals surface area contributed by atoms with Crippen molar-refractivity contribution in [1.29, 1.82) is 5.41 Å². The van der Waals surface area contributed by atoms with E-state index in [1.54, 1.807) is 30.3 Å². The Morgan fingerprint density at radius 3 is 2.60 bits per heavy atom. The van der Waals surface area contributed by atoms with E-state index in [-0.39, 0.29) is 5.91 Å². The number of nitrogens with zero attached hydrogens (tertiary/aromatic N) is 5. The Hall–Kier alpha value is -2.87. The summed E-state index contributed by atoms with van der Waals surface area (Å²) in [5, 5.41) is 7.78. The van der Waals surface area contributed by atoms with Crippen molar-refractivity contribution in [3.8, 4) is 11.3 Å². The van der Waals surface area contributed by atoms with Gasteiger partial charge in [0.25, 0.3) is 5.91 Å². The van der Waals surface area contributed by atoms with Gasteiger partial charge >= 0.3 is 0 Å². The number of nitrogen functional groups attached to an aromatic ring is 1. The Kier molecular flexibility index (Phi) is 4.71. The molecule has 0 saturated carbocycles. The number of anilines is 1. The predicted octanol–water partition coefficient (Wildman–Crippen LogP) is 0.896. The Bertz CT molecular complexity index is 812. The van der Waals surface area contributed by atoms with Crippen LogP contribution in [-0.4, -0.2) is 69.6 Å². The van der Waals surface area contributed by atoms with Crippen LogP contribution in [0.25, 0.3) is 11.3 Å². The summed E-state index contributed by atoms with van der Waals surface area (Å²) < 4.78 is 0. The van der Waals surface area contributed by atoms with Crippen LogP contribution < -0.4 is 5.73 Å². The zero-order valence-electron chi connectivity index (χ0n) is 14.4. The standard InChI is InChI=1S/C17H21N7O/c1-11(18)13-7-12(8-21-16(13)19)14-9-20-10-15(22-14)17(25)24-5-3-23(2)4-6-24/h7-10,18H,3-6H2,1-2H3,(H2,19,21). The van der Waals surface area contributed by atoms with Crippen LogP contribution in [0.1, 0.15) is 23.0 Å². The molecule has 1 fully saturated rings. The van der Waals surface area contributed by atoms with Crippen molar-refractivity contribution in [2.75, 3.05) is 39.0 Å². The second kappa shape index (κ2) is 6.94. The molecule has 1 saturated heterocycles. The number of pyridine rings is 1. The summed E-state index contributed by atoms with van der Waals surface area (Å²) in [4.78, 5) is 29.4. The number of carbonyl (C=O) groups is 1. The Morgan fingerprint density at radius 1 is 1.20 bits per heavy atom. The zero-order chi connectivity index (χ0) is 18.0. The van der Waals surface area contributed by atoms with Crippen LogP contribution in [0, 0.1) is 5.41 Å². The summed E-state index contributed by atoms with van der Waals surface area (Å²) in [6.45, 7) is 4.71. The van der Waals surface area contributed by atoms with Crippen molar-refractivity contribution < 1.29 is 4.79 Å². The van der Waals surface area contributed by atoms with Gasteiger partial charge in [0.2, 0.25) is 0 Å². The molecule has 8 heteroatoms. The maximum atomic E-state index is 12.7. The first-order valence-corrected chi connectivity index (χ1v) is 8.07. The van der Waals surface area contributed by atoms with E-state index in [0.29, 0.717) is 47.1 Å². The minimum atomic E-state index is -0.116. The quantitative estimate of drug-likeness (QED) is 0.803. The van der Waals surface area contributed by atoms with E-state index in [0.717, 1.165) is 13.1 Å². The number of piperazine rings is 1. The van der Waals surface area contributed by atoms with Gasteiger partial charge in [-0.1, -0.05) is 0 Å². The molecule has 1 aliphatic rings. The van der Waals surface area contributed by atoms with E-state index >= 15 is 0 Å². The molecule has 2 aromatic heterocycles. The van der Waals surface area contributed by atoms with Crippen LogP contribution in [-0.2, 0) is 0 Å². The largest absolute Gasteiger partial charge is 0.383 e. The van der Waals surface area contributed by atoms with Gasteiger partial charge in [0, 0.05) is 49.2 Å². The number of aromatic nitrogens is 3. The number of rotatable bonds is 3. The average molecular weight is 339 g/mol. The molecule has 0 bridgehead atoms. The molecule has 0 atom stereocenters. The molecule has 3 heterocycles. The molecular formula is C17H21N7O. The average Bonchev–Trinajstić information content (AvgIpc) is 2.62. The molecule has 8 nitrogen and oxygen atoms in total. The first kappa shape index (κ1) is 17.0. The van der Waals surface area contributed by atoms with Crippen LogP contribution in [0.3, 0.4) is 0 Å². The summed E-state index contributed by atoms with van der Waals surface area (Å²) in [5.74, 6) is 0.184. The molecule has 1 aliphatic heterocycles. The SMILES string of the molecule is CC(=N)c1cc(-c2cncc(C(=O)N3CCN(C)CC3)n2)cnc1N. The second-order valence-electron chi connectivity index (χ2n) is 6.17. The molecule has 3 N–H and O–H groups in total. The molecule has 0 unspecified atom stereocenters. The fraction of sp³-hybridized carbons (Fsp3) is 0.353. The van der Waals surface area contributed by atoms with Crippen LogP contribution in [0.15, 0.2) is 24.7 Å². The number of likely N-dealkylation sites (N-methyl/N-ethyl adjacent to an activating group) is 1. The lowest BCUT2D eigenvalue weighted by atomic mass is 10.1. The Balaban J connectivity index is 1.88. The molecule has 0 aliphatic carbocycles. The van der Waals surface area contributed by atoms with Crippen LogP contribution in [0.5, 0.6) is 0 Å². The maximum absolute atomic E-state index is 12.7. The molecule has 0 radical (unpaired) electrons. The van der Waals surface area contributed by atoms with E-state index in [2.05, 4.69) is 19.9 Å². The Morgan fingerprint density at radius 2 is 1.92 bits per heavy atom. The maximum Gasteiger partial charge on any atom is 0.274 e. The highest BCUT2D eigenvalue weighted by molar-refractivity contribution is 6.01. The van der Waals surface area contributed by atoms with Crippen molar-refractivity contribution in [2.24, 2.45) is 0 Å². The highest BCUT2D eigenvalue weighted by Gasteiger charge is 2.22. The van der Waals surface area contributed by atoms with E-state index in [4.69, 9.17) is 11.1 Å². The lowest BCUT2D eigenvalue weighted by molar-refractivity contribution is 0.0658. The minimum Gasteiger partial charge on any atom is -0.383 e. The fourth-order valence-corrected chi connectivity index (χ4v) is 2.70. The van der Waals surface area contributed by atoms with E-state index in [1.165, 1.54) is 6.20 Å². The number of hydrogen-bond donors (Lipinski definition) is 2. The van der Waals surface area contributed by atoms with Crippen LogP contribution in [0.4, 0.5) is 5.82 Å². The molecule has 0 aromatic carbocycles. The molecule has 1 amide bonds. The lowest BCUT2D eigenvalue weighted by Crippen LogP contribution is -2.47. The second-order valence-corrected chi connectivity index (χ2v) is 6.17. The molecule has 130 valence electrons. The minimum absolute atomic E-state index is 0.116. The van der Waals surface area contributed by atoms with E-state index in [9.17, 15) is 4.79 Å². The number of nitrogens with two attached hydrogens (primary N) is 1. The van der Waals surface area contributed by atoms with Gasteiger partial charge in [0.05, 0.1) is 18.1 Å². The van der Waals surface area contributed by atoms with Gasteiger partial charge in [-0.2, -0.15) is 0 Å². The summed E-state index contributed by atoms with van der Waals surface area (Å²) >= 11 is 0. The predicted molar refractivity (Wildman–Crippen MR) is 95.6 cm³/mol. The molecular weight excluding hydrogens is 318 g/mol. The van der Waals surface area contributed by atoms with E-state index in [1.807, 2.05) is 7.05 Å². The molecule has 25 heavy (non-hydrogen) atoms. The number of amides is 1. The van der Waals surface area contributed by atoms with Crippen molar-refractivity contribution >= 4 is 17.4 Å². The smallest absolute Gasteiger partial charge is 0.274 e. The Labute approximate surface area is 146 Å². The highest BCUT2D eigenvalue weighted by Crippen LogP contribution is 2.20. The van der Waals surface area contributed by atoms with Crippen molar-refractivity contribution in [3.05, 3.63) is 35.9 Å². The summed E-state index contributed by atoms with van der Waals surface area (Å²) in [7, 11) is 2.04. The third-order valence-corrected chi connectivity index (χ3v) is 4.26. The normalized spacial score (nSPS) is 15.2. The molecule has 3 rings (SSSR count). The third kappa shape index (κ3) is 3.63. The first-order chi connectivity index (χ1) is 12.0. The van der Waals surface area contributed by atoms with Crippen molar-refractivity contribution in [3.63, 3.8) is 0 Å². The van der Waals surface area contributed by atoms with Crippen LogP contribution in [0.2, 0.25) is 0 Å². The van der Waals surface area contributed by atoms with Gasteiger partial charge in [-0.15, -0.1) is 0 Å². The van der Waals surface area contributed by atoms with Gasteiger partial charge in [-0.05, 0) is 20.0 Å². The summed E-state index contributed by atoms with van der Waals surface area (Å²) in [6, 6.07) is 1.75. The van der Waals surface area contributed by atoms with Gasteiger partial charge < -0.3 is 20.9 Å². The van der Waals surface area contributed by atoms with Gasteiger partial charge in [-0.25, -0.2) is 9.97 Å². The van der Waals surface area contributed by atoms with Crippen molar-refractivity contribution in [1.82, 2.24) is 24.8 Å². The number of hydrogen-bond acceptors (Lipinski definition) is 7. The molecule has 0 spiro atoms. The highest BCUT2D eigenvalue weighted by atomic mass is 16.2. The first-order valence-electron chi connectivity index (χ1n) is 8.07. The monoisotopic (exact) mass is 339 g/mol. The zero-order valence-corrected chi connectivity index (χ0v) is 14.4. The summed E-state index contributed by atoms with van der Waals surface area (Å²) in [5.41, 5.74) is 8.20. The van der Waals surface area contributed by atoms with Crippen LogP contribution >= 0.6 is 0 Å². The summed E-state index contributed by atoms with van der Waals surface area (Å²) in [6.07, 6.45) is 4.64. The van der Waals surface area contributed by atoms with Gasteiger partial charge in [0.15, 0.2) is 0 Å². The van der Waals surface area contributed by atoms with Gasteiger partial charge in [-0.3, -0.25) is 9.78 Å². The topological polar surface area (TPSA) is 112 Å². The number of carbonyl (C=O) groups excluding carboxylic acids is 1. The number of nitrogens with one attached hydrogen (secondary N) is 1.